The molecule has 8 nitrogen and oxygen atoms in total. The number of amides is 2. The van der Waals surface area contributed by atoms with Crippen molar-refractivity contribution in [2.75, 3.05) is 18.0 Å². The molecule has 4 aromatic rings. The maximum Gasteiger partial charge on any atom is 0.264 e. The normalized spacial score (nSPS) is 12.0. The minimum atomic E-state index is -4.32. The number of sulfonamides is 1. The van der Waals surface area contributed by atoms with Gasteiger partial charge in [-0.3, -0.25) is 13.9 Å². The first-order chi connectivity index (χ1) is 21.5. The summed E-state index contributed by atoms with van der Waals surface area (Å²) in [6, 6.07) is 26.1. The summed E-state index contributed by atoms with van der Waals surface area (Å²) in [4.78, 5) is 29.5. The number of hydrogen-bond acceptors (Lipinski definition) is 5. The van der Waals surface area contributed by atoms with E-state index in [0.29, 0.717) is 5.75 Å². The summed E-state index contributed by atoms with van der Waals surface area (Å²) in [7, 11) is -2.86. The second-order valence-corrected chi connectivity index (χ2v) is 13.5. The zero-order chi connectivity index (χ0) is 32.6. The number of halogens is 2. The number of hydrogen-bond donors (Lipinski definition) is 1. The molecule has 236 valence electrons. The van der Waals surface area contributed by atoms with Crippen LogP contribution in [0.5, 0.6) is 5.75 Å². The molecule has 45 heavy (non-hydrogen) atoms. The van der Waals surface area contributed by atoms with E-state index in [-0.39, 0.29) is 35.5 Å². The van der Waals surface area contributed by atoms with Gasteiger partial charge in [-0.15, -0.1) is 0 Å². The van der Waals surface area contributed by atoms with Gasteiger partial charge in [-0.2, -0.15) is 0 Å². The molecule has 0 aromatic heterocycles. The Morgan fingerprint density at radius 3 is 2.13 bits per heavy atom. The highest BCUT2D eigenvalue weighted by Gasteiger charge is 2.35. The van der Waals surface area contributed by atoms with E-state index in [1.54, 1.807) is 0 Å². The summed E-state index contributed by atoms with van der Waals surface area (Å²) in [5.41, 5.74) is 1.66. The van der Waals surface area contributed by atoms with Crippen LogP contribution >= 0.6 is 15.9 Å². The Morgan fingerprint density at radius 1 is 0.889 bits per heavy atom. The second kappa shape index (κ2) is 15.2. The van der Waals surface area contributed by atoms with Crippen molar-refractivity contribution in [3.63, 3.8) is 0 Å². The average Bonchev–Trinajstić information content (AvgIpc) is 3.02. The predicted molar refractivity (Wildman–Crippen MR) is 176 cm³/mol. The Labute approximate surface area is 272 Å². The minimum Gasteiger partial charge on any atom is -0.497 e. The third-order valence-electron chi connectivity index (χ3n) is 6.98. The Hall–Kier alpha value is -4.22. The Bertz CT molecular complexity index is 1700. The van der Waals surface area contributed by atoms with Crippen LogP contribution in [0.2, 0.25) is 0 Å². The topological polar surface area (TPSA) is 96.0 Å². The molecule has 0 saturated heterocycles. The molecule has 4 rings (SSSR count). The van der Waals surface area contributed by atoms with Gasteiger partial charge in [0.2, 0.25) is 11.8 Å². The molecule has 0 aliphatic carbocycles. The Balaban J connectivity index is 1.80. The number of ether oxygens (including phenoxy) is 1. The molecule has 1 N–H and O–H groups in total. The van der Waals surface area contributed by atoms with Crippen molar-refractivity contribution in [2.24, 2.45) is 0 Å². The molecular formula is C34H35BrFN3O5S. The first kappa shape index (κ1) is 33.7. The highest BCUT2D eigenvalue weighted by atomic mass is 79.9. The smallest absolute Gasteiger partial charge is 0.264 e. The fourth-order valence-corrected chi connectivity index (χ4v) is 6.64. The number of nitrogens with one attached hydrogen (secondary N) is 1. The van der Waals surface area contributed by atoms with E-state index >= 15 is 0 Å². The number of carbonyl (C=O) groups excluding carboxylic acids is 2. The van der Waals surface area contributed by atoms with Crippen molar-refractivity contribution in [3.05, 3.63) is 125 Å². The lowest BCUT2D eigenvalue weighted by molar-refractivity contribution is -0.140. The molecular weight excluding hydrogens is 661 g/mol. The molecule has 0 saturated carbocycles. The lowest BCUT2D eigenvalue weighted by Gasteiger charge is -2.34. The van der Waals surface area contributed by atoms with Gasteiger partial charge < -0.3 is 15.0 Å². The summed E-state index contributed by atoms with van der Waals surface area (Å²) >= 11 is 3.47. The third-order valence-corrected chi connectivity index (χ3v) is 9.27. The first-order valence-corrected chi connectivity index (χ1v) is 16.5. The highest BCUT2D eigenvalue weighted by Crippen LogP contribution is 2.27. The maximum absolute atomic E-state index is 14.4. The number of carbonyl (C=O) groups is 2. The van der Waals surface area contributed by atoms with E-state index in [2.05, 4.69) is 21.2 Å². The minimum absolute atomic E-state index is 0.0289. The van der Waals surface area contributed by atoms with Crippen molar-refractivity contribution < 1.29 is 27.1 Å². The quantitative estimate of drug-likeness (QED) is 0.186. The summed E-state index contributed by atoms with van der Waals surface area (Å²) in [6.07, 6.45) is 0.195. The van der Waals surface area contributed by atoms with E-state index in [9.17, 15) is 22.4 Å². The van der Waals surface area contributed by atoms with Crippen LogP contribution < -0.4 is 14.4 Å². The van der Waals surface area contributed by atoms with Gasteiger partial charge in [-0.05, 0) is 85.6 Å². The van der Waals surface area contributed by atoms with Crippen LogP contribution in [0.1, 0.15) is 25.0 Å². The van der Waals surface area contributed by atoms with Gasteiger partial charge in [0.05, 0.1) is 17.7 Å². The third kappa shape index (κ3) is 8.92. The van der Waals surface area contributed by atoms with Crippen molar-refractivity contribution in [2.45, 2.75) is 43.8 Å². The van der Waals surface area contributed by atoms with Gasteiger partial charge in [-0.25, -0.2) is 12.8 Å². The molecule has 0 aliphatic heterocycles. The fraction of sp³-hybridized carbons (Fsp3) is 0.235. The molecule has 0 fully saturated rings. The Morgan fingerprint density at radius 2 is 1.53 bits per heavy atom. The zero-order valence-electron chi connectivity index (χ0n) is 25.2. The van der Waals surface area contributed by atoms with Crippen molar-refractivity contribution in [1.29, 1.82) is 0 Å². The molecule has 0 aliphatic rings. The van der Waals surface area contributed by atoms with Crippen molar-refractivity contribution >= 4 is 43.5 Å². The van der Waals surface area contributed by atoms with Gasteiger partial charge in [0.15, 0.2) is 0 Å². The monoisotopic (exact) mass is 695 g/mol. The standard InChI is InChI=1S/C34H35BrFN3O5S/c1-24(2)37-34(41)32(21-25-8-5-4-6-9-25)38(22-26-10-7-11-27(35)20-26)33(40)23-39(29-14-12-28(36)13-15-29)45(42,43)31-18-16-30(44-3)17-19-31/h4-20,24,32H,21-23H2,1-3H3,(H,37,41)/t32-/m0/s1. The van der Waals surface area contributed by atoms with Crippen molar-refractivity contribution in [1.82, 2.24) is 10.2 Å². The largest absolute Gasteiger partial charge is 0.497 e. The van der Waals surface area contributed by atoms with Crippen LogP contribution in [0, 0.1) is 5.82 Å². The van der Waals surface area contributed by atoms with E-state index in [1.165, 1.54) is 48.4 Å². The van der Waals surface area contributed by atoms with E-state index in [1.807, 2.05) is 68.4 Å². The number of nitrogens with zero attached hydrogens (tertiary/aromatic N) is 2. The number of methoxy groups -OCH3 is 1. The summed E-state index contributed by atoms with van der Waals surface area (Å²) < 4.78 is 48.9. The molecule has 1 atom stereocenters. The maximum atomic E-state index is 14.4. The molecule has 0 heterocycles. The molecule has 0 radical (unpaired) electrons. The van der Waals surface area contributed by atoms with Gasteiger partial charge >= 0.3 is 0 Å². The molecule has 4 aromatic carbocycles. The summed E-state index contributed by atoms with van der Waals surface area (Å²) in [5, 5.41) is 2.93. The Kier molecular flexibility index (Phi) is 11.4. The molecule has 11 heteroatoms. The average molecular weight is 697 g/mol. The van der Waals surface area contributed by atoms with E-state index < -0.39 is 34.3 Å². The SMILES string of the molecule is COc1ccc(S(=O)(=O)N(CC(=O)N(Cc2cccc(Br)c2)[C@@H](Cc2ccccc2)C(=O)NC(C)C)c2ccc(F)cc2)cc1. The van der Waals surface area contributed by atoms with Gasteiger partial charge in [0.25, 0.3) is 10.0 Å². The molecule has 0 bridgehead atoms. The second-order valence-electron chi connectivity index (χ2n) is 10.7. The van der Waals surface area contributed by atoms with E-state index in [0.717, 1.165) is 32.0 Å². The van der Waals surface area contributed by atoms with Gasteiger partial charge in [-0.1, -0.05) is 58.4 Å². The number of benzene rings is 4. The van der Waals surface area contributed by atoms with Gasteiger partial charge in [0, 0.05) is 23.5 Å². The molecule has 0 spiro atoms. The van der Waals surface area contributed by atoms with Gasteiger partial charge in [0.1, 0.15) is 24.2 Å². The van der Waals surface area contributed by atoms with Crippen molar-refractivity contribution in [3.8, 4) is 5.75 Å². The van der Waals surface area contributed by atoms with Crippen LogP contribution in [0.15, 0.2) is 112 Å². The van der Waals surface area contributed by atoms with Crippen LogP contribution in [0.25, 0.3) is 0 Å². The lowest BCUT2D eigenvalue weighted by atomic mass is 10.0. The number of rotatable bonds is 13. The number of anilines is 1. The summed E-state index contributed by atoms with van der Waals surface area (Å²) in [6.45, 7) is 3.04. The zero-order valence-corrected chi connectivity index (χ0v) is 27.6. The van der Waals surface area contributed by atoms with Crippen LogP contribution in [0.3, 0.4) is 0 Å². The fourth-order valence-electron chi connectivity index (χ4n) is 4.78. The molecule has 0 unspecified atom stereocenters. The first-order valence-electron chi connectivity index (χ1n) is 14.3. The molecule has 2 amide bonds. The predicted octanol–water partition coefficient (Wildman–Crippen LogP) is 5.96. The van der Waals surface area contributed by atoms with Crippen LogP contribution in [0.4, 0.5) is 10.1 Å². The van der Waals surface area contributed by atoms with E-state index in [4.69, 9.17) is 4.74 Å². The lowest BCUT2D eigenvalue weighted by Crippen LogP contribution is -2.54. The highest BCUT2D eigenvalue weighted by molar-refractivity contribution is 9.10. The van der Waals surface area contributed by atoms with Crippen LogP contribution in [-0.4, -0.2) is 50.9 Å². The summed E-state index contributed by atoms with van der Waals surface area (Å²) in [5.74, 6) is -1.09. The van der Waals surface area contributed by atoms with Crippen LogP contribution in [-0.2, 0) is 32.6 Å².